The number of nitrogens with zero attached hydrogens (tertiary/aromatic N) is 1. The molecule has 0 saturated carbocycles. The van der Waals surface area contributed by atoms with E-state index in [2.05, 4.69) is 10.3 Å². The number of aromatic nitrogens is 1. The molecule has 0 spiro atoms. The molecule has 0 aliphatic carbocycles. The molecule has 0 radical (unpaired) electrons. The molecule has 1 unspecified atom stereocenters. The van der Waals surface area contributed by atoms with Gasteiger partial charge < -0.3 is 14.5 Å². The summed E-state index contributed by atoms with van der Waals surface area (Å²) in [4.78, 5) is 29.4. The van der Waals surface area contributed by atoms with Crippen LogP contribution in [0, 0.1) is 6.92 Å². The number of rotatable bonds is 5. The Balaban J connectivity index is 1.51. The summed E-state index contributed by atoms with van der Waals surface area (Å²) in [5, 5.41) is 3.19. The number of pyridine rings is 1. The molecule has 1 saturated heterocycles. The zero-order valence-corrected chi connectivity index (χ0v) is 17.1. The summed E-state index contributed by atoms with van der Waals surface area (Å²) in [5.41, 5.74) is 1.34. The predicted octanol–water partition coefficient (Wildman–Crippen LogP) is 2.26. The summed E-state index contributed by atoms with van der Waals surface area (Å²) >= 11 is 0. The molecular weight excluding hydrogens is 408 g/mol. The van der Waals surface area contributed by atoms with Gasteiger partial charge in [-0.05, 0) is 37.6 Å². The fourth-order valence-electron chi connectivity index (χ4n) is 3.43. The molecule has 8 nitrogen and oxygen atoms in total. The van der Waals surface area contributed by atoms with Gasteiger partial charge in [0.05, 0.1) is 22.6 Å². The summed E-state index contributed by atoms with van der Waals surface area (Å²) in [6, 6.07) is 11.8. The van der Waals surface area contributed by atoms with Crippen LogP contribution in [-0.4, -0.2) is 49.4 Å². The number of nitrogens with one attached hydrogen (secondary N) is 1. The van der Waals surface area contributed by atoms with Crippen molar-refractivity contribution in [3.8, 4) is 11.5 Å². The lowest BCUT2D eigenvalue weighted by Gasteiger charge is -2.12. The van der Waals surface area contributed by atoms with Gasteiger partial charge in [-0.2, -0.15) is 0 Å². The lowest BCUT2D eigenvalue weighted by Crippen LogP contribution is -2.38. The fraction of sp³-hybridized carbons (Fsp3) is 0.286. The molecule has 1 amide bonds. The zero-order valence-electron chi connectivity index (χ0n) is 16.3. The quantitative estimate of drug-likeness (QED) is 0.620. The second-order valence-corrected chi connectivity index (χ2v) is 9.45. The van der Waals surface area contributed by atoms with Gasteiger partial charge in [-0.1, -0.05) is 18.2 Å². The van der Waals surface area contributed by atoms with E-state index in [1.165, 1.54) is 0 Å². The maximum Gasteiger partial charge on any atom is 0.339 e. The van der Waals surface area contributed by atoms with Crippen molar-refractivity contribution in [2.24, 2.45) is 0 Å². The van der Waals surface area contributed by atoms with Crippen LogP contribution in [-0.2, 0) is 19.4 Å². The van der Waals surface area contributed by atoms with Crippen LogP contribution in [0.25, 0.3) is 22.4 Å². The highest BCUT2D eigenvalue weighted by Gasteiger charge is 2.29. The second-order valence-electron chi connectivity index (χ2n) is 7.23. The fourth-order valence-corrected chi connectivity index (χ4v) is 5.10. The van der Waals surface area contributed by atoms with Gasteiger partial charge in [0, 0.05) is 11.4 Å². The summed E-state index contributed by atoms with van der Waals surface area (Å²) in [7, 11) is -3.11. The van der Waals surface area contributed by atoms with Crippen LogP contribution >= 0.6 is 0 Å². The minimum Gasteiger partial charge on any atom is -0.460 e. The number of benzene rings is 1. The molecule has 30 heavy (non-hydrogen) atoms. The highest BCUT2D eigenvalue weighted by Crippen LogP contribution is 2.26. The van der Waals surface area contributed by atoms with E-state index in [1.54, 1.807) is 36.4 Å². The van der Waals surface area contributed by atoms with Crippen molar-refractivity contribution in [1.29, 1.82) is 0 Å². The Morgan fingerprint density at radius 1 is 1.23 bits per heavy atom. The molecule has 2 aromatic heterocycles. The number of furan rings is 1. The number of amides is 1. The van der Waals surface area contributed by atoms with E-state index in [-0.39, 0.29) is 17.1 Å². The van der Waals surface area contributed by atoms with Gasteiger partial charge in [0.15, 0.2) is 22.2 Å². The normalized spacial score (nSPS) is 17.7. The minimum atomic E-state index is -3.11. The summed E-state index contributed by atoms with van der Waals surface area (Å²) in [5.74, 6) is -0.0104. The maximum absolute atomic E-state index is 12.7. The first-order chi connectivity index (χ1) is 14.3. The van der Waals surface area contributed by atoms with Crippen molar-refractivity contribution in [3.63, 3.8) is 0 Å². The third-order valence-electron chi connectivity index (χ3n) is 4.86. The molecule has 1 aromatic carbocycles. The first-order valence-corrected chi connectivity index (χ1v) is 11.3. The lowest BCUT2D eigenvalue weighted by atomic mass is 10.1. The smallest absolute Gasteiger partial charge is 0.339 e. The first-order valence-electron chi connectivity index (χ1n) is 9.44. The number of para-hydroxylation sites is 1. The van der Waals surface area contributed by atoms with E-state index >= 15 is 0 Å². The van der Waals surface area contributed by atoms with E-state index in [1.807, 2.05) is 13.0 Å². The average molecular weight is 428 g/mol. The summed E-state index contributed by atoms with van der Waals surface area (Å²) in [6.07, 6.45) is 0.364. The van der Waals surface area contributed by atoms with E-state index in [4.69, 9.17) is 9.15 Å². The van der Waals surface area contributed by atoms with Crippen LogP contribution in [0.15, 0.2) is 46.9 Å². The number of aryl methyl sites for hydroxylation is 1. The van der Waals surface area contributed by atoms with Gasteiger partial charge in [0.1, 0.15) is 11.5 Å². The largest absolute Gasteiger partial charge is 0.460 e. The third-order valence-corrected chi connectivity index (χ3v) is 6.63. The van der Waals surface area contributed by atoms with Gasteiger partial charge in [-0.15, -0.1) is 0 Å². The Labute approximate surface area is 173 Å². The number of esters is 1. The Hall–Kier alpha value is -3.20. The number of sulfone groups is 1. The number of fused-ring (bicyclic) bond motifs is 1. The number of hydrogen-bond donors (Lipinski definition) is 1. The third kappa shape index (κ3) is 4.35. The van der Waals surface area contributed by atoms with Crippen molar-refractivity contribution in [2.45, 2.75) is 19.4 Å². The van der Waals surface area contributed by atoms with Crippen LogP contribution < -0.4 is 5.32 Å². The van der Waals surface area contributed by atoms with Crippen molar-refractivity contribution >= 4 is 32.6 Å². The minimum absolute atomic E-state index is 0.0514. The molecule has 1 N–H and O–H groups in total. The van der Waals surface area contributed by atoms with E-state index in [0.717, 1.165) is 5.76 Å². The van der Waals surface area contributed by atoms with Crippen LogP contribution in [0.3, 0.4) is 0 Å². The van der Waals surface area contributed by atoms with Gasteiger partial charge in [-0.3, -0.25) is 4.79 Å². The SMILES string of the molecule is Cc1ccc(-c2cc(C(=O)OCC(=O)NC3CCS(=O)(=O)C3)c3ccccc3n2)o1. The second kappa shape index (κ2) is 7.91. The zero-order chi connectivity index (χ0) is 21.3. The Kier molecular flexibility index (Phi) is 5.29. The summed E-state index contributed by atoms with van der Waals surface area (Å²) in [6.45, 7) is 1.31. The van der Waals surface area contributed by atoms with Gasteiger partial charge in [0.25, 0.3) is 5.91 Å². The van der Waals surface area contributed by atoms with Crippen LogP contribution in [0.5, 0.6) is 0 Å². The first kappa shape index (κ1) is 20.1. The van der Waals surface area contributed by atoms with E-state index in [0.29, 0.717) is 28.8 Å². The molecule has 1 aliphatic rings. The van der Waals surface area contributed by atoms with Crippen molar-refractivity contribution in [1.82, 2.24) is 10.3 Å². The van der Waals surface area contributed by atoms with Crippen molar-refractivity contribution in [2.75, 3.05) is 18.1 Å². The number of carbonyl (C=O) groups is 2. The molecule has 3 aromatic rings. The molecule has 1 fully saturated rings. The van der Waals surface area contributed by atoms with E-state index in [9.17, 15) is 18.0 Å². The molecule has 9 heteroatoms. The van der Waals surface area contributed by atoms with Crippen molar-refractivity contribution in [3.05, 3.63) is 53.8 Å². The highest BCUT2D eigenvalue weighted by molar-refractivity contribution is 7.91. The van der Waals surface area contributed by atoms with Gasteiger partial charge in [-0.25, -0.2) is 18.2 Å². The molecular formula is C21H20N2O6S. The maximum atomic E-state index is 12.7. The number of hydrogen-bond acceptors (Lipinski definition) is 7. The Morgan fingerprint density at radius 2 is 2.03 bits per heavy atom. The van der Waals surface area contributed by atoms with Crippen molar-refractivity contribution < 1.29 is 27.2 Å². The highest BCUT2D eigenvalue weighted by atomic mass is 32.2. The molecule has 0 bridgehead atoms. The Morgan fingerprint density at radius 3 is 2.73 bits per heavy atom. The predicted molar refractivity (Wildman–Crippen MR) is 110 cm³/mol. The monoisotopic (exact) mass is 428 g/mol. The number of carbonyl (C=O) groups excluding carboxylic acids is 2. The molecule has 3 heterocycles. The van der Waals surface area contributed by atoms with Crippen LogP contribution in [0.1, 0.15) is 22.5 Å². The van der Waals surface area contributed by atoms with Crippen LogP contribution in [0.2, 0.25) is 0 Å². The molecule has 1 atom stereocenters. The number of ether oxygens (including phenoxy) is 1. The van der Waals surface area contributed by atoms with Crippen LogP contribution in [0.4, 0.5) is 0 Å². The summed E-state index contributed by atoms with van der Waals surface area (Å²) < 4.78 is 33.8. The van der Waals surface area contributed by atoms with Gasteiger partial charge in [0.2, 0.25) is 0 Å². The molecule has 4 rings (SSSR count). The van der Waals surface area contributed by atoms with E-state index < -0.39 is 34.4 Å². The lowest BCUT2D eigenvalue weighted by molar-refractivity contribution is -0.124. The van der Waals surface area contributed by atoms with Gasteiger partial charge >= 0.3 is 5.97 Å². The Bertz CT molecular complexity index is 1230. The topological polar surface area (TPSA) is 116 Å². The standard InChI is InChI=1S/C21H20N2O6S/c1-13-6-7-19(29-13)18-10-16(15-4-2-3-5-17(15)23-18)21(25)28-11-20(24)22-14-8-9-30(26,27)12-14/h2-7,10,14H,8-9,11-12H2,1H3,(H,22,24). The molecule has 156 valence electrons. The molecule has 1 aliphatic heterocycles. The average Bonchev–Trinajstić information content (AvgIpc) is 3.30.